The van der Waals surface area contributed by atoms with Crippen LogP contribution in [0.3, 0.4) is 0 Å². The Hall–Kier alpha value is -1.26. The van der Waals surface area contributed by atoms with Gasteiger partial charge in [-0.05, 0) is 30.6 Å². The first kappa shape index (κ1) is 16.8. The van der Waals surface area contributed by atoms with E-state index in [9.17, 15) is 9.59 Å². The van der Waals surface area contributed by atoms with Crippen LogP contribution in [0.1, 0.15) is 52.9 Å². The van der Waals surface area contributed by atoms with Crippen LogP contribution in [0.25, 0.3) is 0 Å². The fourth-order valence-electron chi connectivity index (χ4n) is 2.54. The number of hydrogen-bond acceptors (Lipinski definition) is 2. The predicted molar refractivity (Wildman–Crippen MR) is 78.6 cm³/mol. The van der Waals surface area contributed by atoms with E-state index in [0.717, 1.165) is 32.4 Å². The van der Waals surface area contributed by atoms with Gasteiger partial charge in [-0.1, -0.05) is 27.2 Å². The number of hydrogen-bond donors (Lipinski definition) is 2. The van der Waals surface area contributed by atoms with Crippen molar-refractivity contribution in [1.82, 2.24) is 10.2 Å². The molecule has 0 aliphatic carbocycles. The van der Waals surface area contributed by atoms with Crippen molar-refractivity contribution in [3.63, 3.8) is 0 Å². The minimum absolute atomic E-state index is 0.0231. The summed E-state index contributed by atoms with van der Waals surface area (Å²) in [6, 6.07) is 0.0231. The summed E-state index contributed by atoms with van der Waals surface area (Å²) in [5.74, 6) is -0.113. The zero-order valence-corrected chi connectivity index (χ0v) is 12.9. The summed E-state index contributed by atoms with van der Waals surface area (Å²) >= 11 is 0. The van der Waals surface area contributed by atoms with Crippen LogP contribution in [0, 0.1) is 11.3 Å². The second-order valence-corrected chi connectivity index (χ2v) is 6.55. The zero-order chi connectivity index (χ0) is 15.2. The normalized spacial score (nSPS) is 19.1. The molecule has 2 N–H and O–H groups in total. The van der Waals surface area contributed by atoms with Crippen LogP contribution in [-0.2, 0) is 4.79 Å². The van der Waals surface area contributed by atoms with Crippen molar-refractivity contribution >= 4 is 12.0 Å². The molecule has 0 saturated carbocycles. The van der Waals surface area contributed by atoms with E-state index in [2.05, 4.69) is 12.2 Å². The number of likely N-dealkylation sites (tertiary alicyclic amines) is 1. The minimum Gasteiger partial charge on any atom is -0.481 e. The number of carbonyl (C=O) groups is 2. The van der Waals surface area contributed by atoms with Crippen LogP contribution >= 0.6 is 0 Å². The molecule has 20 heavy (non-hydrogen) atoms. The van der Waals surface area contributed by atoms with Gasteiger partial charge in [0.1, 0.15) is 0 Å². The number of amides is 2. The first-order valence-corrected chi connectivity index (χ1v) is 7.58. The second kappa shape index (κ2) is 7.50. The monoisotopic (exact) mass is 284 g/mol. The van der Waals surface area contributed by atoms with Gasteiger partial charge in [0.15, 0.2) is 0 Å². The highest BCUT2D eigenvalue weighted by Crippen LogP contribution is 2.26. The smallest absolute Gasteiger partial charge is 0.317 e. The van der Waals surface area contributed by atoms with Gasteiger partial charge in [0, 0.05) is 26.1 Å². The zero-order valence-electron chi connectivity index (χ0n) is 12.9. The highest BCUT2D eigenvalue weighted by Gasteiger charge is 2.25. The molecule has 1 heterocycles. The molecule has 5 nitrogen and oxygen atoms in total. The maximum Gasteiger partial charge on any atom is 0.317 e. The molecule has 1 unspecified atom stereocenters. The molecule has 1 fully saturated rings. The van der Waals surface area contributed by atoms with Crippen molar-refractivity contribution in [1.29, 1.82) is 0 Å². The largest absolute Gasteiger partial charge is 0.481 e. The van der Waals surface area contributed by atoms with Crippen molar-refractivity contribution in [2.24, 2.45) is 11.3 Å². The number of nitrogens with one attached hydrogen (secondary N) is 1. The van der Waals surface area contributed by atoms with Crippen LogP contribution in [0.4, 0.5) is 4.79 Å². The van der Waals surface area contributed by atoms with E-state index < -0.39 is 5.97 Å². The molecule has 0 bridgehead atoms. The van der Waals surface area contributed by atoms with Crippen LogP contribution in [0.15, 0.2) is 0 Å². The molecule has 1 aliphatic rings. The van der Waals surface area contributed by atoms with Gasteiger partial charge < -0.3 is 15.3 Å². The Bertz CT molecular complexity index is 342. The molecule has 2 amide bonds. The second-order valence-electron chi connectivity index (χ2n) is 6.55. The number of aliphatic carboxylic acids is 1. The lowest BCUT2D eigenvalue weighted by Crippen LogP contribution is -2.39. The first-order valence-electron chi connectivity index (χ1n) is 7.58. The number of carboxylic acids is 1. The Balaban J connectivity index is 2.23. The third-order valence-corrected chi connectivity index (χ3v) is 4.24. The van der Waals surface area contributed by atoms with Crippen molar-refractivity contribution in [3.8, 4) is 0 Å². The lowest BCUT2D eigenvalue weighted by molar-refractivity contribution is -0.137. The molecular weight excluding hydrogens is 256 g/mol. The quantitative estimate of drug-likeness (QED) is 0.755. The summed E-state index contributed by atoms with van der Waals surface area (Å²) in [5.41, 5.74) is -0.0529. The fraction of sp³-hybridized carbons (Fsp3) is 0.867. The summed E-state index contributed by atoms with van der Waals surface area (Å²) in [4.78, 5) is 24.5. The molecule has 1 aliphatic heterocycles. The van der Waals surface area contributed by atoms with Gasteiger partial charge in [0.2, 0.25) is 0 Å². The molecule has 116 valence electrons. The van der Waals surface area contributed by atoms with E-state index in [1.807, 2.05) is 18.7 Å². The van der Waals surface area contributed by atoms with E-state index in [0.29, 0.717) is 18.9 Å². The van der Waals surface area contributed by atoms with Crippen molar-refractivity contribution in [3.05, 3.63) is 0 Å². The Morgan fingerprint density at radius 3 is 2.60 bits per heavy atom. The Kier molecular flexibility index (Phi) is 6.30. The number of carbonyl (C=O) groups excluding carboxylic acids is 1. The van der Waals surface area contributed by atoms with Crippen LogP contribution in [-0.4, -0.2) is 41.6 Å². The topological polar surface area (TPSA) is 69.6 Å². The molecule has 1 saturated heterocycles. The first-order chi connectivity index (χ1) is 9.34. The van der Waals surface area contributed by atoms with E-state index in [4.69, 9.17) is 5.11 Å². The molecule has 5 heteroatoms. The average molecular weight is 284 g/mol. The van der Waals surface area contributed by atoms with E-state index in [1.165, 1.54) is 0 Å². The summed E-state index contributed by atoms with van der Waals surface area (Å²) in [6.07, 6.45) is 3.86. The van der Waals surface area contributed by atoms with Crippen LogP contribution in [0.5, 0.6) is 0 Å². The molecule has 0 spiro atoms. The van der Waals surface area contributed by atoms with Gasteiger partial charge in [-0.25, -0.2) is 4.79 Å². The third kappa shape index (κ3) is 5.80. The summed E-state index contributed by atoms with van der Waals surface area (Å²) < 4.78 is 0. The molecule has 0 aromatic heterocycles. The molecule has 0 aromatic rings. The van der Waals surface area contributed by atoms with Crippen LogP contribution < -0.4 is 5.32 Å². The van der Waals surface area contributed by atoms with Crippen LogP contribution in [0.2, 0.25) is 0 Å². The van der Waals surface area contributed by atoms with Gasteiger partial charge in [0.05, 0.1) is 0 Å². The number of rotatable bonds is 7. The number of urea groups is 1. The van der Waals surface area contributed by atoms with Gasteiger partial charge in [-0.3, -0.25) is 4.79 Å². The Labute approximate surface area is 121 Å². The van der Waals surface area contributed by atoms with Crippen molar-refractivity contribution < 1.29 is 14.7 Å². The van der Waals surface area contributed by atoms with E-state index in [1.54, 1.807) is 0 Å². The van der Waals surface area contributed by atoms with Gasteiger partial charge in [-0.2, -0.15) is 0 Å². The molecule has 0 radical (unpaired) electrons. The summed E-state index contributed by atoms with van der Waals surface area (Å²) in [7, 11) is 0. The Morgan fingerprint density at radius 1 is 1.35 bits per heavy atom. The average Bonchev–Trinajstić information content (AvgIpc) is 2.85. The van der Waals surface area contributed by atoms with Gasteiger partial charge >= 0.3 is 12.0 Å². The highest BCUT2D eigenvalue weighted by molar-refractivity contribution is 5.74. The van der Waals surface area contributed by atoms with Crippen molar-refractivity contribution in [2.75, 3.05) is 19.6 Å². The summed E-state index contributed by atoms with van der Waals surface area (Å²) in [5, 5.41) is 11.7. The van der Waals surface area contributed by atoms with Gasteiger partial charge in [-0.15, -0.1) is 0 Å². The van der Waals surface area contributed by atoms with E-state index >= 15 is 0 Å². The SMILES string of the molecule is CCC1CCN(C(=O)NCCC(C)(C)CCC(=O)O)C1. The number of carboxylic acid groups (broad SMARTS) is 1. The molecule has 1 rings (SSSR count). The maximum atomic E-state index is 12.0. The van der Waals surface area contributed by atoms with Gasteiger partial charge in [0.25, 0.3) is 0 Å². The van der Waals surface area contributed by atoms with Crippen molar-refractivity contribution in [2.45, 2.75) is 52.9 Å². The molecule has 1 atom stereocenters. The Morgan fingerprint density at radius 2 is 2.05 bits per heavy atom. The fourth-order valence-corrected chi connectivity index (χ4v) is 2.54. The number of nitrogens with zero attached hydrogens (tertiary/aromatic N) is 1. The lowest BCUT2D eigenvalue weighted by atomic mass is 9.84. The van der Waals surface area contributed by atoms with E-state index in [-0.39, 0.29) is 17.9 Å². The lowest BCUT2D eigenvalue weighted by Gasteiger charge is -2.25. The standard InChI is InChI=1S/C15H28N2O3/c1-4-12-6-10-17(11-12)14(20)16-9-8-15(2,3)7-5-13(18)19/h12H,4-11H2,1-3H3,(H,16,20)(H,18,19). The summed E-state index contributed by atoms with van der Waals surface area (Å²) in [6.45, 7) is 8.59. The highest BCUT2D eigenvalue weighted by atomic mass is 16.4. The third-order valence-electron chi connectivity index (χ3n) is 4.24. The maximum absolute atomic E-state index is 12.0. The molecule has 0 aromatic carbocycles. The predicted octanol–water partition coefficient (Wildman–Crippen LogP) is 2.71. The minimum atomic E-state index is -0.759. The molecular formula is C15H28N2O3.